The van der Waals surface area contributed by atoms with Crippen LogP contribution in [0.3, 0.4) is 0 Å². The predicted molar refractivity (Wildman–Crippen MR) is 55.3 cm³/mol. The molecule has 1 aromatic carbocycles. The first-order valence-electron chi connectivity index (χ1n) is 5.22. The summed E-state index contributed by atoms with van der Waals surface area (Å²) in [5.74, 6) is 0.243. The van der Waals surface area contributed by atoms with Crippen LogP contribution < -0.4 is 4.74 Å². The second-order valence-electron chi connectivity index (χ2n) is 4.08. The molecule has 1 aliphatic rings. The fraction of sp³-hybridized carbons (Fsp3) is 0.500. The standard InChI is InChI=1S/C12H15FO2/c1-15-11-5-4-9(13)8-10(11)12(14)6-2-3-7-12/h4-5,8,14H,2-3,6-7H2,1H3. The Morgan fingerprint density at radius 1 is 1.33 bits per heavy atom. The minimum absolute atomic E-state index is 0.328. The molecule has 0 atom stereocenters. The van der Waals surface area contributed by atoms with E-state index in [9.17, 15) is 9.50 Å². The van der Waals surface area contributed by atoms with Gasteiger partial charge < -0.3 is 9.84 Å². The minimum atomic E-state index is -0.895. The average molecular weight is 210 g/mol. The Kier molecular flexibility index (Phi) is 2.65. The van der Waals surface area contributed by atoms with Gasteiger partial charge in [0.1, 0.15) is 11.6 Å². The minimum Gasteiger partial charge on any atom is -0.496 e. The molecule has 3 heteroatoms. The molecule has 0 aliphatic heterocycles. The van der Waals surface area contributed by atoms with Crippen molar-refractivity contribution in [2.45, 2.75) is 31.3 Å². The molecule has 0 amide bonds. The fourth-order valence-corrected chi connectivity index (χ4v) is 2.27. The highest BCUT2D eigenvalue weighted by Gasteiger charge is 2.35. The van der Waals surface area contributed by atoms with Gasteiger partial charge in [0, 0.05) is 5.56 Å². The third-order valence-corrected chi connectivity index (χ3v) is 3.09. The van der Waals surface area contributed by atoms with Crippen LogP contribution in [0.25, 0.3) is 0 Å². The molecule has 0 saturated heterocycles. The van der Waals surface area contributed by atoms with Gasteiger partial charge in [-0.3, -0.25) is 0 Å². The van der Waals surface area contributed by atoms with Gasteiger partial charge in [0.05, 0.1) is 12.7 Å². The predicted octanol–water partition coefficient (Wildman–Crippen LogP) is 2.60. The summed E-state index contributed by atoms with van der Waals surface area (Å²) in [6.45, 7) is 0. The zero-order valence-electron chi connectivity index (χ0n) is 8.79. The molecule has 2 nitrogen and oxygen atoms in total. The first-order chi connectivity index (χ1) is 7.15. The van der Waals surface area contributed by atoms with Crippen LogP contribution in [-0.2, 0) is 5.60 Å². The summed E-state index contributed by atoms with van der Waals surface area (Å²) >= 11 is 0. The lowest BCUT2D eigenvalue weighted by molar-refractivity contribution is 0.0416. The Morgan fingerprint density at radius 2 is 2.00 bits per heavy atom. The van der Waals surface area contributed by atoms with Crippen molar-refractivity contribution >= 4 is 0 Å². The number of hydrogen-bond donors (Lipinski definition) is 1. The van der Waals surface area contributed by atoms with Crippen LogP contribution in [0.1, 0.15) is 31.2 Å². The highest BCUT2D eigenvalue weighted by Crippen LogP contribution is 2.42. The molecule has 1 aliphatic carbocycles. The fourth-order valence-electron chi connectivity index (χ4n) is 2.27. The lowest BCUT2D eigenvalue weighted by atomic mass is 9.91. The van der Waals surface area contributed by atoms with Gasteiger partial charge in [0.2, 0.25) is 0 Å². The summed E-state index contributed by atoms with van der Waals surface area (Å²) in [5, 5.41) is 10.4. The van der Waals surface area contributed by atoms with E-state index in [0.717, 1.165) is 12.8 Å². The van der Waals surface area contributed by atoms with E-state index in [2.05, 4.69) is 0 Å². The van der Waals surface area contributed by atoms with E-state index in [4.69, 9.17) is 4.74 Å². The first kappa shape index (κ1) is 10.4. The molecule has 1 fully saturated rings. The van der Waals surface area contributed by atoms with Gasteiger partial charge in [-0.1, -0.05) is 12.8 Å². The molecule has 1 N–H and O–H groups in total. The summed E-state index contributed by atoms with van der Waals surface area (Å²) in [6.07, 6.45) is 3.34. The maximum atomic E-state index is 13.1. The number of halogens is 1. The Bertz CT molecular complexity index is 357. The normalized spacial score (nSPS) is 19.1. The summed E-state index contributed by atoms with van der Waals surface area (Å²) in [6, 6.07) is 4.30. The second kappa shape index (κ2) is 3.81. The smallest absolute Gasteiger partial charge is 0.125 e. The van der Waals surface area contributed by atoms with Crippen molar-refractivity contribution in [3.05, 3.63) is 29.6 Å². The second-order valence-corrected chi connectivity index (χ2v) is 4.08. The van der Waals surface area contributed by atoms with Gasteiger partial charge in [0.15, 0.2) is 0 Å². The van der Waals surface area contributed by atoms with Crippen LogP contribution in [0, 0.1) is 5.82 Å². The molecular formula is C12H15FO2. The van der Waals surface area contributed by atoms with E-state index in [0.29, 0.717) is 24.2 Å². The van der Waals surface area contributed by atoms with Crippen LogP contribution in [0.2, 0.25) is 0 Å². The first-order valence-corrected chi connectivity index (χ1v) is 5.22. The molecule has 15 heavy (non-hydrogen) atoms. The zero-order valence-corrected chi connectivity index (χ0v) is 8.79. The van der Waals surface area contributed by atoms with Crippen molar-refractivity contribution < 1.29 is 14.2 Å². The van der Waals surface area contributed by atoms with Crippen molar-refractivity contribution in [1.82, 2.24) is 0 Å². The van der Waals surface area contributed by atoms with Crippen LogP contribution in [-0.4, -0.2) is 12.2 Å². The molecule has 0 unspecified atom stereocenters. The van der Waals surface area contributed by atoms with Crippen molar-refractivity contribution in [2.75, 3.05) is 7.11 Å². The van der Waals surface area contributed by atoms with Gasteiger partial charge in [-0.15, -0.1) is 0 Å². The molecule has 0 aromatic heterocycles. The van der Waals surface area contributed by atoms with Crippen LogP contribution in [0.5, 0.6) is 5.75 Å². The Hall–Kier alpha value is -1.09. The average Bonchev–Trinajstić information content (AvgIpc) is 2.66. The van der Waals surface area contributed by atoms with E-state index in [1.54, 1.807) is 6.07 Å². The third kappa shape index (κ3) is 1.84. The molecule has 0 heterocycles. The molecule has 1 saturated carbocycles. The van der Waals surface area contributed by atoms with Crippen molar-refractivity contribution in [1.29, 1.82) is 0 Å². The SMILES string of the molecule is COc1ccc(F)cc1C1(O)CCCC1. The Balaban J connectivity index is 2.44. The summed E-state index contributed by atoms with van der Waals surface area (Å²) in [4.78, 5) is 0. The number of ether oxygens (including phenoxy) is 1. The highest BCUT2D eigenvalue weighted by molar-refractivity contribution is 5.39. The summed E-state index contributed by atoms with van der Waals surface area (Å²) < 4.78 is 18.3. The van der Waals surface area contributed by atoms with Crippen molar-refractivity contribution in [3.63, 3.8) is 0 Å². The van der Waals surface area contributed by atoms with E-state index >= 15 is 0 Å². The molecule has 2 rings (SSSR count). The van der Waals surface area contributed by atoms with Gasteiger partial charge in [-0.2, -0.15) is 0 Å². The quantitative estimate of drug-likeness (QED) is 0.813. The summed E-state index contributed by atoms with van der Waals surface area (Å²) in [7, 11) is 1.54. The topological polar surface area (TPSA) is 29.5 Å². The van der Waals surface area contributed by atoms with E-state index in [1.165, 1.54) is 19.2 Å². The Morgan fingerprint density at radius 3 is 2.60 bits per heavy atom. The van der Waals surface area contributed by atoms with Gasteiger partial charge in [-0.05, 0) is 31.0 Å². The van der Waals surface area contributed by atoms with Crippen molar-refractivity contribution in [2.24, 2.45) is 0 Å². The number of methoxy groups -OCH3 is 1. The lowest BCUT2D eigenvalue weighted by Crippen LogP contribution is -2.22. The van der Waals surface area contributed by atoms with Gasteiger partial charge in [-0.25, -0.2) is 4.39 Å². The monoisotopic (exact) mass is 210 g/mol. The highest BCUT2D eigenvalue weighted by atomic mass is 19.1. The van der Waals surface area contributed by atoms with Crippen LogP contribution in [0.15, 0.2) is 18.2 Å². The number of aliphatic hydroxyl groups is 1. The summed E-state index contributed by atoms with van der Waals surface area (Å²) in [5.41, 5.74) is -0.310. The third-order valence-electron chi connectivity index (χ3n) is 3.09. The zero-order chi connectivity index (χ0) is 10.9. The number of benzene rings is 1. The lowest BCUT2D eigenvalue weighted by Gasteiger charge is -2.24. The van der Waals surface area contributed by atoms with Crippen LogP contribution >= 0.6 is 0 Å². The molecule has 0 bridgehead atoms. The van der Waals surface area contributed by atoms with Crippen molar-refractivity contribution in [3.8, 4) is 5.75 Å². The van der Waals surface area contributed by atoms with Crippen LogP contribution in [0.4, 0.5) is 4.39 Å². The van der Waals surface area contributed by atoms with E-state index in [1.807, 2.05) is 0 Å². The number of rotatable bonds is 2. The van der Waals surface area contributed by atoms with E-state index in [-0.39, 0.29) is 5.82 Å². The molecule has 0 radical (unpaired) electrons. The van der Waals surface area contributed by atoms with Gasteiger partial charge in [0.25, 0.3) is 0 Å². The van der Waals surface area contributed by atoms with Gasteiger partial charge >= 0.3 is 0 Å². The maximum Gasteiger partial charge on any atom is 0.125 e. The molecule has 0 spiro atoms. The van der Waals surface area contributed by atoms with E-state index < -0.39 is 5.60 Å². The Labute approximate surface area is 88.7 Å². The molecule has 1 aromatic rings. The molecular weight excluding hydrogens is 195 g/mol. The number of hydrogen-bond acceptors (Lipinski definition) is 2. The maximum absolute atomic E-state index is 13.1. The molecule has 82 valence electrons. The largest absolute Gasteiger partial charge is 0.496 e.